The van der Waals surface area contributed by atoms with Crippen LogP contribution in [0.15, 0.2) is 0 Å². The molecule has 3 atom stereocenters. The smallest absolute Gasteiger partial charge is 0.0706 e. The van der Waals surface area contributed by atoms with Gasteiger partial charge in [-0.15, -0.1) is 0 Å². The fourth-order valence-corrected chi connectivity index (χ4v) is 3.40. The topological polar surface area (TPSA) is 41.7 Å². The van der Waals surface area contributed by atoms with Crippen LogP contribution in [-0.4, -0.2) is 67.3 Å². The third-order valence-corrected chi connectivity index (χ3v) is 4.60. The Morgan fingerprint density at radius 1 is 1.21 bits per heavy atom. The van der Waals surface area contributed by atoms with Crippen LogP contribution in [0.2, 0.25) is 0 Å². The molecule has 4 heteroatoms. The van der Waals surface area contributed by atoms with Crippen LogP contribution < -0.4 is 5.73 Å². The predicted octanol–water partition coefficient (Wildman–Crippen LogP) is 1.30. The molecule has 3 unspecified atom stereocenters. The van der Waals surface area contributed by atoms with Crippen LogP contribution in [0.5, 0.6) is 0 Å². The van der Waals surface area contributed by atoms with E-state index in [0.717, 1.165) is 13.1 Å². The number of rotatable bonds is 6. The minimum absolute atomic E-state index is 0.470. The second kappa shape index (κ2) is 7.58. The van der Waals surface area contributed by atoms with Crippen LogP contribution in [-0.2, 0) is 4.74 Å². The van der Waals surface area contributed by atoms with E-state index in [1.807, 2.05) is 0 Å². The molecule has 19 heavy (non-hydrogen) atoms. The Kier molecular flexibility index (Phi) is 6.07. The van der Waals surface area contributed by atoms with Gasteiger partial charge in [-0.05, 0) is 26.2 Å². The summed E-state index contributed by atoms with van der Waals surface area (Å²) in [6.45, 7) is 11.1. The van der Waals surface area contributed by atoms with E-state index >= 15 is 0 Å². The van der Waals surface area contributed by atoms with Crippen molar-refractivity contribution in [1.29, 1.82) is 0 Å². The third kappa shape index (κ3) is 4.42. The van der Waals surface area contributed by atoms with Gasteiger partial charge in [0.2, 0.25) is 0 Å². The normalized spacial score (nSPS) is 31.7. The summed E-state index contributed by atoms with van der Waals surface area (Å²) in [6.07, 6.45) is 5.88. The van der Waals surface area contributed by atoms with Crippen molar-refractivity contribution in [2.75, 3.05) is 39.3 Å². The zero-order valence-corrected chi connectivity index (χ0v) is 12.7. The number of nitrogens with zero attached hydrogens (tertiary/aromatic N) is 2. The summed E-state index contributed by atoms with van der Waals surface area (Å²) in [4.78, 5) is 5.15. The van der Waals surface area contributed by atoms with Crippen molar-refractivity contribution in [2.24, 2.45) is 5.73 Å². The number of nitrogens with two attached hydrogens (primary N) is 1. The van der Waals surface area contributed by atoms with Crippen LogP contribution >= 0.6 is 0 Å². The molecule has 0 saturated carbocycles. The predicted molar refractivity (Wildman–Crippen MR) is 79.3 cm³/mol. The van der Waals surface area contributed by atoms with Crippen molar-refractivity contribution in [3.05, 3.63) is 0 Å². The first kappa shape index (κ1) is 15.2. The minimum Gasteiger partial charge on any atom is -0.374 e. The summed E-state index contributed by atoms with van der Waals surface area (Å²) < 4.78 is 5.92. The standard InChI is InChI=1S/C15H31N3O/c1-3-4-14(11-16)18-9-7-17(8-10-18)12-15-6-5-13(2)19-15/h13-15H,3-12,16H2,1-2H3. The molecule has 0 aromatic rings. The van der Waals surface area contributed by atoms with Gasteiger partial charge in [0.05, 0.1) is 12.2 Å². The molecule has 2 aliphatic heterocycles. The van der Waals surface area contributed by atoms with Gasteiger partial charge in [0.25, 0.3) is 0 Å². The van der Waals surface area contributed by atoms with Gasteiger partial charge >= 0.3 is 0 Å². The monoisotopic (exact) mass is 269 g/mol. The molecule has 0 aromatic heterocycles. The molecule has 2 fully saturated rings. The largest absolute Gasteiger partial charge is 0.374 e. The molecule has 0 spiro atoms. The molecule has 2 aliphatic rings. The van der Waals surface area contributed by atoms with Crippen molar-refractivity contribution < 1.29 is 4.74 Å². The highest BCUT2D eigenvalue weighted by Crippen LogP contribution is 2.20. The van der Waals surface area contributed by atoms with Gasteiger partial charge in [-0.25, -0.2) is 0 Å². The summed E-state index contributed by atoms with van der Waals surface area (Å²) in [7, 11) is 0. The minimum atomic E-state index is 0.470. The van der Waals surface area contributed by atoms with Crippen LogP contribution in [0, 0.1) is 0 Å². The molecule has 2 rings (SSSR count). The SMILES string of the molecule is CCCC(CN)N1CCN(CC2CCC(C)O2)CC1. The maximum atomic E-state index is 5.92. The van der Waals surface area contributed by atoms with Crippen LogP contribution in [0.3, 0.4) is 0 Å². The maximum Gasteiger partial charge on any atom is 0.0706 e. The Bertz CT molecular complexity index is 254. The van der Waals surface area contributed by atoms with Gasteiger partial charge in [0.15, 0.2) is 0 Å². The van der Waals surface area contributed by atoms with Gasteiger partial charge in [-0.1, -0.05) is 13.3 Å². The summed E-state index contributed by atoms with van der Waals surface area (Å²) in [5.74, 6) is 0. The van der Waals surface area contributed by atoms with Crippen molar-refractivity contribution in [2.45, 2.75) is 57.8 Å². The average Bonchev–Trinajstić information content (AvgIpc) is 2.82. The Labute approximate surface area is 118 Å². The average molecular weight is 269 g/mol. The highest BCUT2D eigenvalue weighted by atomic mass is 16.5. The van der Waals surface area contributed by atoms with Crippen LogP contribution in [0.4, 0.5) is 0 Å². The molecule has 0 aromatic carbocycles. The van der Waals surface area contributed by atoms with Crippen molar-refractivity contribution in [3.63, 3.8) is 0 Å². The Balaban J connectivity index is 1.69. The number of hydrogen-bond donors (Lipinski definition) is 1. The molecular weight excluding hydrogens is 238 g/mol. The molecule has 112 valence electrons. The molecule has 0 radical (unpaired) electrons. The molecule has 2 heterocycles. The second-order valence-corrected chi connectivity index (χ2v) is 6.16. The molecular formula is C15H31N3O. The van der Waals surface area contributed by atoms with E-state index in [1.165, 1.54) is 51.9 Å². The number of ether oxygens (including phenoxy) is 1. The van der Waals surface area contributed by atoms with Crippen molar-refractivity contribution in [1.82, 2.24) is 9.80 Å². The lowest BCUT2D eigenvalue weighted by Crippen LogP contribution is -2.53. The zero-order chi connectivity index (χ0) is 13.7. The fourth-order valence-electron chi connectivity index (χ4n) is 3.40. The fraction of sp³-hybridized carbons (Fsp3) is 1.00. The summed E-state index contributed by atoms with van der Waals surface area (Å²) in [5.41, 5.74) is 5.90. The second-order valence-electron chi connectivity index (χ2n) is 6.16. The molecule has 2 N–H and O–H groups in total. The number of piperazine rings is 1. The molecule has 0 bridgehead atoms. The van der Waals surface area contributed by atoms with E-state index in [0.29, 0.717) is 18.2 Å². The third-order valence-electron chi connectivity index (χ3n) is 4.60. The van der Waals surface area contributed by atoms with E-state index in [-0.39, 0.29) is 0 Å². The van der Waals surface area contributed by atoms with E-state index in [9.17, 15) is 0 Å². The van der Waals surface area contributed by atoms with Crippen molar-refractivity contribution in [3.8, 4) is 0 Å². The van der Waals surface area contributed by atoms with Gasteiger partial charge < -0.3 is 10.5 Å². The number of hydrogen-bond acceptors (Lipinski definition) is 4. The molecule has 0 amide bonds. The summed E-state index contributed by atoms with van der Waals surface area (Å²) >= 11 is 0. The van der Waals surface area contributed by atoms with Gasteiger partial charge in [0, 0.05) is 45.3 Å². The van der Waals surface area contributed by atoms with E-state index in [1.54, 1.807) is 0 Å². The van der Waals surface area contributed by atoms with E-state index in [4.69, 9.17) is 10.5 Å². The molecule has 4 nitrogen and oxygen atoms in total. The maximum absolute atomic E-state index is 5.92. The van der Waals surface area contributed by atoms with Gasteiger partial charge in [-0.3, -0.25) is 9.80 Å². The Morgan fingerprint density at radius 2 is 1.95 bits per heavy atom. The first-order chi connectivity index (χ1) is 9.22. The lowest BCUT2D eigenvalue weighted by Gasteiger charge is -2.39. The van der Waals surface area contributed by atoms with E-state index in [2.05, 4.69) is 23.6 Å². The quantitative estimate of drug-likeness (QED) is 0.789. The first-order valence-corrected chi connectivity index (χ1v) is 8.04. The first-order valence-electron chi connectivity index (χ1n) is 8.04. The Morgan fingerprint density at radius 3 is 2.47 bits per heavy atom. The van der Waals surface area contributed by atoms with Gasteiger partial charge in [-0.2, -0.15) is 0 Å². The lowest BCUT2D eigenvalue weighted by atomic mass is 10.1. The van der Waals surface area contributed by atoms with Crippen LogP contribution in [0.25, 0.3) is 0 Å². The van der Waals surface area contributed by atoms with Gasteiger partial charge in [0.1, 0.15) is 0 Å². The summed E-state index contributed by atoms with van der Waals surface area (Å²) in [6, 6.07) is 0.593. The molecule has 0 aliphatic carbocycles. The summed E-state index contributed by atoms with van der Waals surface area (Å²) in [5, 5.41) is 0. The Hall–Kier alpha value is -0.160. The highest BCUT2D eigenvalue weighted by molar-refractivity contribution is 4.81. The molecule has 2 saturated heterocycles. The van der Waals surface area contributed by atoms with E-state index < -0.39 is 0 Å². The zero-order valence-electron chi connectivity index (χ0n) is 12.7. The van der Waals surface area contributed by atoms with Crippen LogP contribution in [0.1, 0.15) is 39.5 Å². The highest BCUT2D eigenvalue weighted by Gasteiger charge is 2.27. The van der Waals surface area contributed by atoms with Crippen molar-refractivity contribution >= 4 is 0 Å². The lowest BCUT2D eigenvalue weighted by molar-refractivity contribution is 0.0140.